The van der Waals surface area contributed by atoms with Gasteiger partial charge in [-0.05, 0) is 19.1 Å². The third-order valence-electron chi connectivity index (χ3n) is 4.21. The van der Waals surface area contributed by atoms with Crippen LogP contribution in [0.3, 0.4) is 0 Å². The number of nitrogens with zero attached hydrogens (tertiary/aromatic N) is 2. The van der Waals surface area contributed by atoms with E-state index in [2.05, 4.69) is 4.90 Å². The van der Waals surface area contributed by atoms with Gasteiger partial charge in [0.25, 0.3) is 0 Å². The quantitative estimate of drug-likeness (QED) is 0.829. The lowest BCUT2D eigenvalue weighted by Crippen LogP contribution is -2.55. The largest absolute Gasteiger partial charge is 0.497 e. The molecule has 1 N–H and O–H groups in total. The Morgan fingerprint density at radius 3 is 2.50 bits per heavy atom. The maximum Gasteiger partial charge on any atom is 0.408 e. The molecule has 0 unspecified atom stereocenters. The smallest absolute Gasteiger partial charge is 0.408 e. The average Bonchev–Trinajstić information content (AvgIpc) is 2.61. The summed E-state index contributed by atoms with van der Waals surface area (Å²) in [5.74, 6) is 1.43. The summed E-state index contributed by atoms with van der Waals surface area (Å²) in [6.45, 7) is 4.04. The summed E-state index contributed by atoms with van der Waals surface area (Å²) in [5.41, 5.74) is 0. The van der Waals surface area contributed by atoms with Gasteiger partial charge in [-0.15, -0.1) is 0 Å². The minimum atomic E-state index is -4.44. The molecule has 1 saturated heterocycles. The molecule has 2 amide bonds. The van der Waals surface area contributed by atoms with Gasteiger partial charge in [0.1, 0.15) is 24.1 Å². The first-order valence-electron chi connectivity index (χ1n) is 8.41. The van der Waals surface area contributed by atoms with Crippen LogP contribution in [0.4, 0.5) is 18.0 Å². The van der Waals surface area contributed by atoms with E-state index >= 15 is 0 Å². The summed E-state index contributed by atoms with van der Waals surface area (Å²) in [6, 6.07) is 4.77. The second kappa shape index (κ2) is 8.98. The molecule has 9 heteroatoms. The van der Waals surface area contributed by atoms with Gasteiger partial charge in [-0.2, -0.15) is 13.2 Å². The molecule has 146 valence electrons. The number of carbonyl (C=O) groups excluding carboxylic acids is 1. The van der Waals surface area contributed by atoms with E-state index in [0.717, 1.165) is 12.7 Å². The highest BCUT2D eigenvalue weighted by Gasteiger charge is 2.38. The molecule has 0 saturated carbocycles. The normalized spacial score (nSPS) is 16.9. The maximum absolute atomic E-state index is 12.5. The van der Waals surface area contributed by atoms with Crippen molar-refractivity contribution < 1.29 is 27.4 Å². The van der Waals surface area contributed by atoms with Crippen molar-refractivity contribution in [3.05, 3.63) is 24.3 Å². The molecular formula is C17H24F3N3O3. The van der Waals surface area contributed by atoms with E-state index < -0.39 is 18.2 Å². The monoisotopic (exact) mass is 375 g/mol. The van der Waals surface area contributed by atoms with Crippen LogP contribution in [0, 0.1) is 0 Å². The highest BCUT2D eigenvalue weighted by Crippen LogP contribution is 2.20. The first-order valence-corrected chi connectivity index (χ1v) is 8.41. The molecule has 0 spiro atoms. The Hall–Kier alpha value is -2.16. The van der Waals surface area contributed by atoms with Gasteiger partial charge in [0.05, 0.1) is 7.11 Å². The summed E-state index contributed by atoms with van der Waals surface area (Å²) < 4.78 is 48.3. The van der Waals surface area contributed by atoms with E-state index in [-0.39, 0.29) is 0 Å². The van der Waals surface area contributed by atoms with Crippen molar-refractivity contribution in [2.45, 2.75) is 19.1 Å². The fourth-order valence-electron chi connectivity index (χ4n) is 2.52. The number of halogens is 3. The van der Waals surface area contributed by atoms with E-state index in [9.17, 15) is 18.0 Å². The number of hydrogen-bond acceptors (Lipinski definition) is 4. The van der Waals surface area contributed by atoms with Crippen LogP contribution in [-0.2, 0) is 0 Å². The SMILES string of the molecule is COc1cccc(OCCN2CCN(C(=O)N[C@H](C)C(F)(F)F)CC2)c1. The second-order valence-corrected chi connectivity index (χ2v) is 6.07. The fourth-order valence-corrected chi connectivity index (χ4v) is 2.52. The molecule has 26 heavy (non-hydrogen) atoms. The molecule has 1 heterocycles. The Labute approximate surface area is 150 Å². The Morgan fingerprint density at radius 2 is 1.88 bits per heavy atom. The highest BCUT2D eigenvalue weighted by molar-refractivity contribution is 5.74. The summed E-state index contributed by atoms with van der Waals surface area (Å²) in [4.78, 5) is 15.4. The number of benzene rings is 1. The van der Waals surface area contributed by atoms with Gasteiger partial charge in [0.2, 0.25) is 0 Å². The summed E-state index contributed by atoms with van der Waals surface area (Å²) in [6.07, 6.45) is -4.44. The number of ether oxygens (including phenoxy) is 2. The number of amides is 2. The Balaban J connectivity index is 1.69. The molecule has 1 aromatic carbocycles. The molecular weight excluding hydrogens is 351 g/mol. The van der Waals surface area contributed by atoms with Crippen LogP contribution in [-0.4, -0.2) is 74.5 Å². The van der Waals surface area contributed by atoms with E-state index in [1.807, 2.05) is 23.5 Å². The van der Waals surface area contributed by atoms with Crippen LogP contribution in [0.1, 0.15) is 6.92 Å². The summed E-state index contributed by atoms with van der Waals surface area (Å²) in [5, 5.41) is 1.99. The number of rotatable bonds is 6. The third kappa shape index (κ3) is 5.98. The standard InChI is InChI=1S/C17H24F3N3O3/c1-13(17(18,19)20)21-16(24)23-8-6-22(7-9-23)10-11-26-15-5-3-4-14(12-15)25-2/h3-5,12-13H,6-11H2,1-2H3,(H,21,24)/t13-/m1/s1. The van der Waals surface area contributed by atoms with Gasteiger partial charge in [-0.3, -0.25) is 4.90 Å². The molecule has 1 aromatic rings. The summed E-state index contributed by atoms with van der Waals surface area (Å²) >= 11 is 0. The number of nitrogens with one attached hydrogen (secondary N) is 1. The number of carbonyl (C=O) groups is 1. The lowest BCUT2D eigenvalue weighted by Gasteiger charge is -2.35. The predicted molar refractivity (Wildman–Crippen MR) is 90.6 cm³/mol. The zero-order valence-corrected chi connectivity index (χ0v) is 14.9. The van der Waals surface area contributed by atoms with Crippen molar-refractivity contribution in [2.24, 2.45) is 0 Å². The fraction of sp³-hybridized carbons (Fsp3) is 0.588. The second-order valence-electron chi connectivity index (χ2n) is 6.07. The van der Waals surface area contributed by atoms with Crippen LogP contribution < -0.4 is 14.8 Å². The van der Waals surface area contributed by atoms with Crippen molar-refractivity contribution in [3.8, 4) is 11.5 Å². The molecule has 1 atom stereocenters. The van der Waals surface area contributed by atoms with Gasteiger partial charge in [-0.25, -0.2) is 4.79 Å². The van der Waals surface area contributed by atoms with E-state index in [0.29, 0.717) is 45.1 Å². The minimum Gasteiger partial charge on any atom is -0.497 e. The lowest BCUT2D eigenvalue weighted by atomic mass is 10.3. The number of piperazine rings is 1. The number of alkyl halides is 3. The molecule has 0 aliphatic carbocycles. The van der Waals surface area contributed by atoms with Gasteiger partial charge >= 0.3 is 12.2 Å². The first-order chi connectivity index (χ1) is 12.3. The number of hydrogen-bond donors (Lipinski definition) is 1. The Bertz CT molecular complexity index is 590. The Kier molecular flexibility index (Phi) is 6.96. The zero-order chi connectivity index (χ0) is 19.2. The molecule has 1 aliphatic heterocycles. The van der Waals surface area contributed by atoms with Gasteiger partial charge in [0, 0.05) is 38.8 Å². The van der Waals surface area contributed by atoms with Crippen molar-refractivity contribution in [3.63, 3.8) is 0 Å². The van der Waals surface area contributed by atoms with Crippen LogP contribution in [0.15, 0.2) is 24.3 Å². The third-order valence-corrected chi connectivity index (χ3v) is 4.21. The van der Waals surface area contributed by atoms with Crippen LogP contribution in [0.2, 0.25) is 0 Å². The van der Waals surface area contributed by atoms with Crippen molar-refractivity contribution in [2.75, 3.05) is 46.4 Å². The van der Waals surface area contributed by atoms with Crippen LogP contribution in [0.25, 0.3) is 0 Å². The van der Waals surface area contributed by atoms with Crippen molar-refractivity contribution in [1.29, 1.82) is 0 Å². The van der Waals surface area contributed by atoms with E-state index in [4.69, 9.17) is 9.47 Å². The minimum absolute atomic E-state index is 0.384. The number of urea groups is 1. The van der Waals surface area contributed by atoms with Gasteiger partial charge in [-0.1, -0.05) is 6.07 Å². The molecule has 0 bridgehead atoms. The Morgan fingerprint density at radius 1 is 1.23 bits per heavy atom. The topological polar surface area (TPSA) is 54.0 Å². The van der Waals surface area contributed by atoms with E-state index in [1.54, 1.807) is 13.2 Å². The highest BCUT2D eigenvalue weighted by atomic mass is 19.4. The molecule has 1 fully saturated rings. The van der Waals surface area contributed by atoms with Crippen molar-refractivity contribution >= 4 is 6.03 Å². The van der Waals surface area contributed by atoms with Gasteiger partial charge in [0.15, 0.2) is 0 Å². The van der Waals surface area contributed by atoms with Gasteiger partial charge < -0.3 is 19.7 Å². The predicted octanol–water partition coefficient (Wildman–Crippen LogP) is 2.35. The van der Waals surface area contributed by atoms with Crippen LogP contribution >= 0.6 is 0 Å². The maximum atomic E-state index is 12.5. The van der Waals surface area contributed by atoms with Crippen molar-refractivity contribution in [1.82, 2.24) is 15.1 Å². The zero-order valence-electron chi connectivity index (χ0n) is 14.9. The number of methoxy groups -OCH3 is 1. The average molecular weight is 375 g/mol. The molecule has 1 aliphatic rings. The lowest BCUT2D eigenvalue weighted by molar-refractivity contribution is -0.149. The molecule has 0 aromatic heterocycles. The van der Waals surface area contributed by atoms with Crippen LogP contribution in [0.5, 0.6) is 11.5 Å². The molecule has 6 nitrogen and oxygen atoms in total. The first kappa shape index (κ1) is 20.2. The summed E-state index contributed by atoms with van der Waals surface area (Å²) in [7, 11) is 1.59. The molecule has 0 radical (unpaired) electrons. The molecule has 2 rings (SSSR count). The van der Waals surface area contributed by atoms with E-state index in [1.165, 1.54) is 4.90 Å².